The van der Waals surface area contributed by atoms with E-state index < -0.39 is 12.1 Å². The molecular weight excluding hydrogens is 257 g/mol. The molecule has 0 radical (unpaired) electrons. The van der Waals surface area contributed by atoms with E-state index >= 15 is 0 Å². The molecular formula is C13H21F3N2O. The van der Waals surface area contributed by atoms with Crippen molar-refractivity contribution in [2.75, 3.05) is 13.1 Å². The van der Waals surface area contributed by atoms with E-state index in [1.54, 1.807) is 0 Å². The van der Waals surface area contributed by atoms with Gasteiger partial charge in [0, 0.05) is 25.0 Å². The lowest BCUT2D eigenvalue weighted by molar-refractivity contribution is -0.183. The molecule has 6 heteroatoms. The quantitative estimate of drug-likeness (QED) is 0.757. The van der Waals surface area contributed by atoms with Crippen LogP contribution in [-0.2, 0) is 4.79 Å². The third-order valence-electron chi connectivity index (χ3n) is 3.94. The van der Waals surface area contributed by atoms with Crippen LogP contribution in [0.2, 0.25) is 0 Å². The Balaban J connectivity index is 1.61. The first kappa shape index (κ1) is 14.6. The number of carbonyl (C=O) groups excluding carboxylic acids is 1. The highest BCUT2D eigenvalue weighted by Crippen LogP contribution is 2.37. The van der Waals surface area contributed by atoms with Crippen LogP contribution < -0.4 is 10.6 Å². The first-order chi connectivity index (χ1) is 8.97. The van der Waals surface area contributed by atoms with Gasteiger partial charge in [0.15, 0.2) is 0 Å². The lowest BCUT2D eigenvalue weighted by Gasteiger charge is -2.31. The van der Waals surface area contributed by atoms with Crippen LogP contribution in [0, 0.1) is 11.8 Å². The number of hydrogen-bond donors (Lipinski definition) is 2. The number of hydrogen-bond acceptors (Lipinski definition) is 2. The van der Waals surface area contributed by atoms with Crippen molar-refractivity contribution in [1.29, 1.82) is 0 Å². The minimum absolute atomic E-state index is 0.0711. The van der Waals surface area contributed by atoms with E-state index in [2.05, 4.69) is 10.6 Å². The van der Waals surface area contributed by atoms with Crippen LogP contribution in [0.5, 0.6) is 0 Å². The molecule has 2 aliphatic carbocycles. The third kappa shape index (κ3) is 4.67. The predicted molar refractivity (Wildman–Crippen MR) is 65.5 cm³/mol. The molecule has 2 N–H and O–H groups in total. The number of rotatable bonds is 5. The Kier molecular flexibility index (Phi) is 4.71. The van der Waals surface area contributed by atoms with Crippen molar-refractivity contribution in [3.05, 3.63) is 0 Å². The van der Waals surface area contributed by atoms with E-state index in [0.29, 0.717) is 19.5 Å². The molecule has 3 nitrogen and oxygen atoms in total. The number of alkyl halides is 3. The van der Waals surface area contributed by atoms with E-state index in [0.717, 1.165) is 19.3 Å². The highest BCUT2D eigenvalue weighted by atomic mass is 19.4. The lowest BCUT2D eigenvalue weighted by atomic mass is 9.85. The zero-order valence-corrected chi connectivity index (χ0v) is 10.9. The zero-order valence-electron chi connectivity index (χ0n) is 10.9. The maximum atomic E-state index is 12.6. The van der Waals surface area contributed by atoms with Gasteiger partial charge in [0.2, 0.25) is 5.91 Å². The second-order valence-corrected chi connectivity index (χ2v) is 5.62. The van der Waals surface area contributed by atoms with E-state index in [9.17, 15) is 18.0 Å². The summed E-state index contributed by atoms with van der Waals surface area (Å²) in [5.74, 6) is -0.900. The van der Waals surface area contributed by atoms with Gasteiger partial charge in [0.1, 0.15) is 0 Å². The van der Waals surface area contributed by atoms with Gasteiger partial charge in [0.05, 0.1) is 5.92 Å². The maximum Gasteiger partial charge on any atom is 0.391 e. The molecule has 2 aliphatic rings. The fraction of sp³-hybridized carbons (Fsp3) is 0.923. The monoisotopic (exact) mass is 278 g/mol. The van der Waals surface area contributed by atoms with Crippen LogP contribution in [-0.4, -0.2) is 31.2 Å². The summed E-state index contributed by atoms with van der Waals surface area (Å²) in [6.45, 7) is 1.05. The molecule has 0 aromatic rings. The van der Waals surface area contributed by atoms with Crippen molar-refractivity contribution in [2.45, 2.75) is 50.7 Å². The van der Waals surface area contributed by atoms with E-state index in [-0.39, 0.29) is 30.7 Å². The van der Waals surface area contributed by atoms with Gasteiger partial charge in [-0.05, 0) is 32.1 Å². The number of carbonyl (C=O) groups is 1. The molecule has 0 spiro atoms. The molecule has 0 saturated heterocycles. The third-order valence-corrected chi connectivity index (χ3v) is 3.94. The molecule has 0 heterocycles. The summed E-state index contributed by atoms with van der Waals surface area (Å²) in [5, 5.41) is 5.93. The fourth-order valence-electron chi connectivity index (χ4n) is 2.62. The van der Waals surface area contributed by atoms with Gasteiger partial charge in [-0.25, -0.2) is 0 Å². The Hall–Kier alpha value is -0.780. The Morgan fingerprint density at radius 2 is 1.84 bits per heavy atom. The Morgan fingerprint density at radius 3 is 2.47 bits per heavy atom. The Labute approximate surface area is 111 Å². The summed E-state index contributed by atoms with van der Waals surface area (Å²) in [5.41, 5.74) is 0. The number of nitrogens with one attached hydrogen (secondary N) is 2. The first-order valence-electron chi connectivity index (χ1n) is 7.04. The van der Waals surface area contributed by atoms with Crippen molar-refractivity contribution in [3.8, 4) is 0 Å². The van der Waals surface area contributed by atoms with Crippen LogP contribution in [0.1, 0.15) is 38.5 Å². The maximum absolute atomic E-state index is 12.6. The summed E-state index contributed by atoms with van der Waals surface area (Å²) in [4.78, 5) is 11.4. The zero-order chi connectivity index (χ0) is 13.9. The van der Waals surface area contributed by atoms with Crippen molar-refractivity contribution < 1.29 is 18.0 Å². The van der Waals surface area contributed by atoms with Crippen molar-refractivity contribution in [2.24, 2.45) is 11.8 Å². The van der Waals surface area contributed by atoms with E-state index in [1.807, 2.05) is 0 Å². The molecule has 0 aliphatic heterocycles. The summed E-state index contributed by atoms with van der Waals surface area (Å²) >= 11 is 0. The largest absolute Gasteiger partial charge is 0.391 e. The summed E-state index contributed by atoms with van der Waals surface area (Å²) in [6, 6.07) is -0.0711. The van der Waals surface area contributed by atoms with Gasteiger partial charge in [-0.2, -0.15) is 13.2 Å². The summed E-state index contributed by atoms with van der Waals surface area (Å²) < 4.78 is 37.9. The van der Waals surface area contributed by atoms with Gasteiger partial charge >= 0.3 is 6.18 Å². The van der Waals surface area contributed by atoms with Crippen molar-refractivity contribution in [1.82, 2.24) is 10.6 Å². The fourth-order valence-corrected chi connectivity index (χ4v) is 2.62. The molecule has 0 aromatic heterocycles. The number of halogens is 3. The average Bonchev–Trinajstić information content (AvgIpc) is 3.18. The first-order valence-corrected chi connectivity index (χ1v) is 7.04. The highest BCUT2D eigenvalue weighted by Gasteiger charge is 2.41. The molecule has 2 fully saturated rings. The van der Waals surface area contributed by atoms with Gasteiger partial charge in [-0.3, -0.25) is 4.79 Å². The normalized spacial score (nSPS) is 28.2. The Morgan fingerprint density at radius 1 is 1.11 bits per heavy atom. The summed E-state index contributed by atoms with van der Waals surface area (Å²) in [7, 11) is 0. The minimum Gasteiger partial charge on any atom is -0.355 e. The molecule has 19 heavy (non-hydrogen) atoms. The van der Waals surface area contributed by atoms with Gasteiger partial charge in [0.25, 0.3) is 0 Å². The second kappa shape index (κ2) is 6.11. The lowest BCUT2D eigenvalue weighted by Crippen LogP contribution is -2.42. The van der Waals surface area contributed by atoms with Crippen LogP contribution >= 0.6 is 0 Å². The van der Waals surface area contributed by atoms with Crippen LogP contribution in [0.25, 0.3) is 0 Å². The van der Waals surface area contributed by atoms with Gasteiger partial charge in [-0.1, -0.05) is 6.42 Å². The van der Waals surface area contributed by atoms with Crippen LogP contribution in [0.15, 0.2) is 0 Å². The molecule has 0 aromatic carbocycles. The van der Waals surface area contributed by atoms with E-state index in [1.165, 1.54) is 0 Å². The molecule has 2 unspecified atom stereocenters. The van der Waals surface area contributed by atoms with E-state index in [4.69, 9.17) is 0 Å². The molecule has 1 amide bonds. The second-order valence-electron chi connectivity index (χ2n) is 5.62. The van der Waals surface area contributed by atoms with Gasteiger partial charge < -0.3 is 10.6 Å². The SMILES string of the molecule is O=C(NCCNC1CCCC(C(F)(F)F)C1)C1CC1. The van der Waals surface area contributed by atoms with Crippen LogP contribution in [0.3, 0.4) is 0 Å². The predicted octanol–water partition coefficient (Wildman–Crippen LogP) is 2.22. The standard InChI is InChI=1S/C13H21F3N2O/c14-13(15,16)10-2-1-3-11(8-10)17-6-7-18-12(19)9-4-5-9/h9-11,17H,1-8H2,(H,18,19). The van der Waals surface area contributed by atoms with Crippen molar-refractivity contribution in [3.63, 3.8) is 0 Å². The molecule has 2 atom stereocenters. The minimum atomic E-state index is -4.07. The topological polar surface area (TPSA) is 41.1 Å². The van der Waals surface area contributed by atoms with Crippen LogP contribution in [0.4, 0.5) is 13.2 Å². The molecule has 110 valence electrons. The van der Waals surface area contributed by atoms with Crippen molar-refractivity contribution >= 4 is 5.91 Å². The average molecular weight is 278 g/mol. The smallest absolute Gasteiger partial charge is 0.355 e. The molecule has 0 bridgehead atoms. The molecule has 2 rings (SSSR count). The summed E-state index contributed by atoms with van der Waals surface area (Å²) in [6.07, 6.45) is -0.301. The molecule has 2 saturated carbocycles. The highest BCUT2D eigenvalue weighted by molar-refractivity contribution is 5.80. The number of amides is 1. The van der Waals surface area contributed by atoms with Gasteiger partial charge in [-0.15, -0.1) is 0 Å². The Bertz CT molecular complexity index is 316.